The Morgan fingerprint density at radius 3 is 2.87 bits per heavy atom. The fourth-order valence-electron chi connectivity index (χ4n) is 4.05. The third-order valence-corrected chi connectivity index (χ3v) is 5.64. The SMILES string of the molecule is COCn1ccc(C(=O)Nc2cc3n(n2)CCN3c2ccc3c(c2)CCN(C)C3=O)n1. The van der Waals surface area contributed by atoms with Crippen LogP contribution in [0.2, 0.25) is 0 Å². The van der Waals surface area contributed by atoms with Crippen LogP contribution in [-0.2, 0) is 24.4 Å². The molecule has 10 heteroatoms. The van der Waals surface area contributed by atoms with Crippen molar-refractivity contribution in [2.75, 3.05) is 37.5 Å². The Morgan fingerprint density at radius 1 is 1.16 bits per heavy atom. The number of nitrogens with one attached hydrogen (secondary N) is 1. The molecule has 0 radical (unpaired) electrons. The third kappa shape index (κ3) is 3.44. The van der Waals surface area contributed by atoms with Crippen molar-refractivity contribution in [1.82, 2.24) is 24.5 Å². The topological polar surface area (TPSA) is 97.5 Å². The van der Waals surface area contributed by atoms with Crippen LogP contribution in [-0.4, -0.2) is 63.5 Å². The second kappa shape index (κ2) is 7.55. The minimum Gasteiger partial charge on any atom is -0.362 e. The molecular formula is C21H23N7O3. The fourth-order valence-corrected chi connectivity index (χ4v) is 4.05. The number of likely N-dealkylation sites (N-methyl/N-ethyl adjacent to an activating group) is 1. The van der Waals surface area contributed by atoms with Gasteiger partial charge >= 0.3 is 0 Å². The molecule has 2 aliphatic rings. The van der Waals surface area contributed by atoms with Crippen LogP contribution in [0.1, 0.15) is 26.4 Å². The lowest BCUT2D eigenvalue weighted by molar-refractivity contribution is 0.0780. The zero-order chi connectivity index (χ0) is 21.5. The summed E-state index contributed by atoms with van der Waals surface area (Å²) in [6.45, 7) is 2.50. The molecule has 10 nitrogen and oxygen atoms in total. The lowest BCUT2D eigenvalue weighted by atomic mass is 9.98. The normalized spacial score (nSPS) is 15.2. The van der Waals surface area contributed by atoms with E-state index in [9.17, 15) is 9.59 Å². The highest BCUT2D eigenvalue weighted by atomic mass is 16.5. The summed E-state index contributed by atoms with van der Waals surface area (Å²) in [7, 11) is 3.40. The maximum Gasteiger partial charge on any atom is 0.277 e. The van der Waals surface area contributed by atoms with E-state index in [-0.39, 0.29) is 18.5 Å². The molecule has 5 rings (SSSR count). The van der Waals surface area contributed by atoms with Crippen LogP contribution in [0, 0.1) is 0 Å². The summed E-state index contributed by atoms with van der Waals surface area (Å²) in [5.74, 6) is 1.12. The molecule has 0 saturated heterocycles. The van der Waals surface area contributed by atoms with E-state index in [4.69, 9.17) is 4.74 Å². The molecular weight excluding hydrogens is 398 g/mol. The van der Waals surface area contributed by atoms with Gasteiger partial charge in [-0.3, -0.25) is 9.59 Å². The van der Waals surface area contributed by atoms with Gasteiger partial charge in [0.2, 0.25) is 0 Å². The lowest BCUT2D eigenvalue weighted by Gasteiger charge is -2.26. The van der Waals surface area contributed by atoms with E-state index in [0.29, 0.717) is 18.1 Å². The average molecular weight is 421 g/mol. The maximum absolute atomic E-state index is 12.5. The van der Waals surface area contributed by atoms with Crippen LogP contribution < -0.4 is 10.2 Å². The van der Waals surface area contributed by atoms with Gasteiger partial charge in [0.25, 0.3) is 11.8 Å². The first-order chi connectivity index (χ1) is 15.0. The number of amides is 2. The second-order valence-electron chi connectivity index (χ2n) is 7.69. The molecule has 0 aliphatic carbocycles. The summed E-state index contributed by atoms with van der Waals surface area (Å²) in [6.07, 6.45) is 2.53. The number of ether oxygens (including phenoxy) is 1. The smallest absolute Gasteiger partial charge is 0.277 e. The van der Waals surface area contributed by atoms with E-state index < -0.39 is 0 Å². The number of rotatable bonds is 5. The first-order valence-corrected chi connectivity index (χ1v) is 10.1. The van der Waals surface area contributed by atoms with Gasteiger partial charge in [-0.2, -0.15) is 10.2 Å². The number of carbonyl (C=O) groups excluding carboxylic acids is 2. The van der Waals surface area contributed by atoms with Crippen LogP contribution >= 0.6 is 0 Å². The van der Waals surface area contributed by atoms with E-state index in [1.165, 1.54) is 0 Å². The number of anilines is 3. The number of nitrogens with zero attached hydrogens (tertiary/aromatic N) is 6. The van der Waals surface area contributed by atoms with Gasteiger partial charge in [0.05, 0.1) is 6.54 Å². The van der Waals surface area contributed by atoms with Crippen molar-refractivity contribution >= 4 is 29.1 Å². The summed E-state index contributed by atoms with van der Waals surface area (Å²) in [5.41, 5.74) is 3.15. The largest absolute Gasteiger partial charge is 0.362 e. The minimum atomic E-state index is -0.324. The summed E-state index contributed by atoms with van der Waals surface area (Å²) in [4.78, 5) is 28.8. The van der Waals surface area contributed by atoms with Crippen LogP contribution in [0.25, 0.3) is 0 Å². The molecule has 4 heterocycles. The molecule has 0 fully saturated rings. The van der Waals surface area contributed by atoms with E-state index >= 15 is 0 Å². The first-order valence-electron chi connectivity index (χ1n) is 10.1. The highest BCUT2D eigenvalue weighted by molar-refractivity contribution is 6.02. The van der Waals surface area contributed by atoms with Crippen molar-refractivity contribution in [2.45, 2.75) is 19.7 Å². The number of methoxy groups -OCH3 is 1. The highest BCUT2D eigenvalue weighted by Crippen LogP contribution is 2.34. The number of aromatic nitrogens is 4. The molecule has 0 atom stereocenters. The minimum absolute atomic E-state index is 0.0669. The molecule has 1 aromatic carbocycles. The van der Waals surface area contributed by atoms with Gasteiger partial charge < -0.3 is 19.9 Å². The molecule has 0 spiro atoms. The fraction of sp³-hybridized carbons (Fsp3) is 0.333. The first kappa shape index (κ1) is 19.3. The van der Waals surface area contributed by atoms with Crippen molar-refractivity contribution in [3.63, 3.8) is 0 Å². The van der Waals surface area contributed by atoms with Crippen molar-refractivity contribution < 1.29 is 14.3 Å². The molecule has 0 bridgehead atoms. The van der Waals surface area contributed by atoms with Gasteiger partial charge in [-0.05, 0) is 36.2 Å². The van der Waals surface area contributed by atoms with Gasteiger partial charge in [0.1, 0.15) is 12.5 Å². The molecule has 3 aromatic rings. The zero-order valence-corrected chi connectivity index (χ0v) is 17.4. The quantitative estimate of drug-likeness (QED) is 0.674. The molecule has 160 valence electrons. The van der Waals surface area contributed by atoms with Crippen molar-refractivity contribution in [2.24, 2.45) is 0 Å². The Bertz CT molecular complexity index is 1170. The van der Waals surface area contributed by atoms with Crippen LogP contribution in [0.4, 0.5) is 17.3 Å². The Balaban J connectivity index is 1.35. The molecule has 2 amide bonds. The predicted octanol–water partition coefficient (Wildman–Crippen LogP) is 1.72. The predicted molar refractivity (Wildman–Crippen MR) is 114 cm³/mol. The Kier molecular flexibility index (Phi) is 4.70. The highest BCUT2D eigenvalue weighted by Gasteiger charge is 2.27. The van der Waals surface area contributed by atoms with Gasteiger partial charge in [0, 0.05) is 50.8 Å². The number of hydrogen-bond acceptors (Lipinski definition) is 6. The van der Waals surface area contributed by atoms with E-state index in [1.807, 2.05) is 29.9 Å². The van der Waals surface area contributed by atoms with E-state index in [1.54, 1.807) is 29.0 Å². The van der Waals surface area contributed by atoms with Crippen LogP contribution in [0.3, 0.4) is 0 Å². The maximum atomic E-state index is 12.5. The number of benzene rings is 1. The summed E-state index contributed by atoms with van der Waals surface area (Å²) < 4.78 is 8.42. The Morgan fingerprint density at radius 2 is 2.03 bits per heavy atom. The third-order valence-electron chi connectivity index (χ3n) is 5.64. The standard InChI is InChI=1S/C21H23N7O3/c1-25-7-5-14-11-15(3-4-16(14)21(25)30)27-9-10-28-19(27)12-18(24-28)22-20(29)17-6-8-26(23-17)13-31-2/h3-4,6,8,11-12H,5,7,9-10,13H2,1-2H3,(H,22,24,29). The summed E-state index contributed by atoms with van der Waals surface area (Å²) in [5, 5.41) is 11.5. The second-order valence-corrected chi connectivity index (χ2v) is 7.69. The van der Waals surface area contributed by atoms with Crippen LogP contribution in [0.5, 0.6) is 0 Å². The Labute approximate surface area is 179 Å². The zero-order valence-electron chi connectivity index (χ0n) is 17.4. The summed E-state index contributed by atoms with van der Waals surface area (Å²) >= 11 is 0. The lowest BCUT2D eigenvalue weighted by Crippen LogP contribution is -2.34. The van der Waals surface area contributed by atoms with Crippen LogP contribution in [0.15, 0.2) is 36.5 Å². The molecule has 2 aliphatic heterocycles. The van der Waals surface area contributed by atoms with E-state index in [2.05, 4.69) is 26.5 Å². The molecule has 0 saturated carbocycles. The average Bonchev–Trinajstić information content (AvgIpc) is 3.47. The van der Waals surface area contributed by atoms with Crippen molar-refractivity contribution in [3.05, 3.63) is 53.3 Å². The number of hydrogen-bond donors (Lipinski definition) is 1. The molecule has 31 heavy (non-hydrogen) atoms. The number of fused-ring (bicyclic) bond motifs is 2. The summed E-state index contributed by atoms with van der Waals surface area (Å²) in [6, 6.07) is 9.45. The number of carbonyl (C=O) groups is 2. The Hall–Kier alpha value is -3.66. The van der Waals surface area contributed by atoms with Crippen molar-refractivity contribution in [1.29, 1.82) is 0 Å². The molecule has 1 N–H and O–H groups in total. The van der Waals surface area contributed by atoms with E-state index in [0.717, 1.165) is 42.1 Å². The van der Waals surface area contributed by atoms with Crippen molar-refractivity contribution in [3.8, 4) is 0 Å². The van der Waals surface area contributed by atoms with Gasteiger partial charge in [-0.25, -0.2) is 9.36 Å². The van der Waals surface area contributed by atoms with Gasteiger partial charge in [0.15, 0.2) is 11.5 Å². The molecule has 2 aromatic heterocycles. The monoisotopic (exact) mass is 421 g/mol. The van der Waals surface area contributed by atoms with Gasteiger partial charge in [-0.1, -0.05) is 0 Å². The van der Waals surface area contributed by atoms with Gasteiger partial charge in [-0.15, -0.1) is 0 Å². The molecule has 0 unspecified atom stereocenters.